The number of aliphatic hydroxyl groups is 1. The van der Waals surface area contributed by atoms with Gasteiger partial charge < -0.3 is 20.9 Å². The van der Waals surface area contributed by atoms with E-state index in [4.69, 9.17) is 15.6 Å². The van der Waals surface area contributed by atoms with Crippen LogP contribution in [0.5, 0.6) is 5.88 Å². The second-order valence-electron chi connectivity index (χ2n) is 3.31. The summed E-state index contributed by atoms with van der Waals surface area (Å²) < 4.78 is 4.95. The first kappa shape index (κ1) is 11.5. The predicted molar refractivity (Wildman–Crippen MR) is 57.7 cm³/mol. The third kappa shape index (κ3) is 2.95. The molecule has 1 atom stereocenters. The van der Waals surface area contributed by atoms with Gasteiger partial charge in [0.1, 0.15) is 12.0 Å². The summed E-state index contributed by atoms with van der Waals surface area (Å²) in [6.07, 6.45) is 1.38. The van der Waals surface area contributed by atoms with Gasteiger partial charge in [0, 0.05) is 13.2 Å². The number of nitrogen functional groups attached to an aromatic ring is 1. The maximum Gasteiger partial charge on any atom is 0.242 e. The third-order valence-corrected chi connectivity index (χ3v) is 1.97. The standard InChI is InChI=1S/C9H16N4O2/c1-6(4-14)3-11-8-7(10)9(15-2)13-5-12-8/h5-6,14H,3-4,10H2,1-2H3,(H,11,12,13). The molecule has 0 saturated carbocycles. The van der Waals surface area contributed by atoms with E-state index in [2.05, 4.69) is 15.3 Å². The highest BCUT2D eigenvalue weighted by Gasteiger charge is 2.08. The van der Waals surface area contributed by atoms with Crippen molar-refractivity contribution in [1.29, 1.82) is 0 Å². The molecule has 0 bridgehead atoms. The van der Waals surface area contributed by atoms with Gasteiger partial charge in [-0.3, -0.25) is 0 Å². The quantitative estimate of drug-likeness (QED) is 0.641. The van der Waals surface area contributed by atoms with Gasteiger partial charge in [0.15, 0.2) is 5.82 Å². The minimum absolute atomic E-state index is 0.120. The normalized spacial score (nSPS) is 12.2. The van der Waals surface area contributed by atoms with Crippen LogP contribution in [0.4, 0.5) is 11.5 Å². The van der Waals surface area contributed by atoms with Crippen LogP contribution < -0.4 is 15.8 Å². The number of anilines is 2. The average molecular weight is 212 g/mol. The number of hydrogen-bond donors (Lipinski definition) is 3. The molecule has 1 rings (SSSR count). The van der Waals surface area contributed by atoms with Crippen molar-refractivity contribution >= 4 is 11.5 Å². The molecule has 15 heavy (non-hydrogen) atoms. The summed E-state index contributed by atoms with van der Waals surface area (Å²) in [5, 5.41) is 11.9. The smallest absolute Gasteiger partial charge is 0.242 e. The number of aliphatic hydroxyl groups excluding tert-OH is 1. The highest BCUT2D eigenvalue weighted by atomic mass is 16.5. The molecule has 1 aromatic heterocycles. The van der Waals surface area contributed by atoms with E-state index in [0.717, 1.165) is 0 Å². The molecule has 0 saturated heterocycles. The predicted octanol–water partition coefficient (Wildman–Crippen LogP) is 0.108. The molecule has 0 aromatic carbocycles. The summed E-state index contributed by atoms with van der Waals surface area (Å²) in [6.45, 7) is 2.64. The molecule has 1 unspecified atom stereocenters. The lowest BCUT2D eigenvalue weighted by molar-refractivity contribution is 0.244. The van der Waals surface area contributed by atoms with Crippen molar-refractivity contribution in [2.45, 2.75) is 6.92 Å². The Kier molecular flexibility index (Phi) is 4.11. The molecule has 6 nitrogen and oxygen atoms in total. The van der Waals surface area contributed by atoms with Gasteiger partial charge in [-0.2, -0.15) is 4.98 Å². The van der Waals surface area contributed by atoms with E-state index >= 15 is 0 Å². The topological polar surface area (TPSA) is 93.3 Å². The fourth-order valence-corrected chi connectivity index (χ4v) is 1.02. The summed E-state index contributed by atoms with van der Waals surface area (Å²) in [4.78, 5) is 7.84. The van der Waals surface area contributed by atoms with Gasteiger partial charge in [-0.15, -0.1) is 0 Å². The van der Waals surface area contributed by atoms with Crippen LogP contribution in [0.2, 0.25) is 0 Å². The van der Waals surface area contributed by atoms with Gasteiger partial charge in [-0.1, -0.05) is 6.92 Å². The Bertz CT molecular complexity index is 319. The molecular weight excluding hydrogens is 196 g/mol. The molecule has 1 heterocycles. The highest BCUT2D eigenvalue weighted by Crippen LogP contribution is 2.23. The Hall–Kier alpha value is -1.56. The second kappa shape index (κ2) is 5.35. The molecule has 6 heteroatoms. The van der Waals surface area contributed by atoms with Crippen LogP contribution in [-0.2, 0) is 0 Å². The molecule has 1 aromatic rings. The maximum atomic E-state index is 8.85. The van der Waals surface area contributed by atoms with Gasteiger partial charge in [-0.05, 0) is 5.92 Å². The van der Waals surface area contributed by atoms with Crippen LogP contribution in [0.1, 0.15) is 6.92 Å². The van der Waals surface area contributed by atoms with E-state index in [-0.39, 0.29) is 12.5 Å². The van der Waals surface area contributed by atoms with Crippen molar-refractivity contribution in [2.24, 2.45) is 5.92 Å². The molecule has 0 fully saturated rings. The Morgan fingerprint density at radius 2 is 2.33 bits per heavy atom. The first-order valence-electron chi connectivity index (χ1n) is 4.68. The Balaban J connectivity index is 2.68. The number of rotatable bonds is 5. The van der Waals surface area contributed by atoms with E-state index in [9.17, 15) is 0 Å². The molecule has 0 aliphatic rings. The first-order valence-corrected chi connectivity index (χ1v) is 4.68. The Morgan fingerprint density at radius 1 is 1.60 bits per heavy atom. The van der Waals surface area contributed by atoms with Crippen LogP contribution in [0.25, 0.3) is 0 Å². The Morgan fingerprint density at radius 3 is 2.93 bits per heavy atom. The van der Waals surface area contributed by atoms with E-state index in [1.807, 2.05) is 6.92 Å². The number of nitrogens with one attached hydrogen (secondary N) is 1. The van der Waals surface area contributed by atoms with Crippen molar-refractivity contribution in [3.63, 3.8) is 0 Å². The van der Waals surface area contributed by atoms with Crippen LogP contribution in [0.3, 0.4) is 0 Å². The van der Waals surface area contributed by atoms with Crippen LogP contribution in [-0.4, -0.2) is 35.3 Å². The van der Waals surface area contributed by atoms with E-state index < -0.39 is 0 Å². The number of nitrogens with zero attached hydrogens (tertiary/aromatic N) is 2. The van der Waals surface area contributed by atoms with E-state index in [0.29, 0.717) is 23.9 Å². The van der Waals surface area contributed by atoms with Gasteiger partial charge >= 0.3 is 0 Å². The zero-order valence-electron chi connectivity index (χ0n) is 8.90. The zero-order chi connectivity index (χ0) is 11.3. The van der Waals surface area contributed by atoms with Crippen molar-refractivity contribution in [1.82, 2.24) is 9.97 Å². The summed E-state index contributed by atoms with van der Waals surface area (Å²) in [5.74, 6) is 1.02. The third-order valence-electron chi connectivity index (χ3n) is 1.97. The summed E-state index contributed by atoms with van der Waals surface area (Å²) in [6, 6.07) is 0. The van der Waals surface area contributed by atoms with Crippen molar-refractivity contribution in [3.8, 4) is 5.88 Å². The van der Waals surface area contributed by atoms with Crippen LogP contribution in [0.15, 0.2) is 6.33 Å². The molecule has 84 valence electrons. The molecular formula is C9H16N4O2. The van der Waals surface area contributed by atoms with Gasteiger partial charge in [0.25, 0.3) is 0 Å². The lowest BCUT2D eigenvalue weighted by Crippen LogP contribution is -2.16. The van der Waals surface area contributed by atoms with Crippen molar-refractivity contribution in [3.05, 3.63) is 6.33 Å². The largest absolute Gasteiger partial charge is 0.479 e. The van der Waals surface area contributed by atoms with E-state index in [1.54, 1.807) is 0 Å². The molecule has 0 radical (unpaired) electrons. The zero-order valence-corrected chi connectivity index (χ0v) is 8.90. The summed E-state index contributed by atoms with van der Waals surface area (Å²) in [7, 11) is 1.50. The number of methoxy groups -OCH3 is 1. The average Bonchev–Trinajstić information content (AvgIpc) is 2.27. The number of ether oxygens (including phenoxy) is 1. The minimum Gasteiger partial charge on any atom is -0.479 e. The number of nitrogens with two attached hydrogens (primary N) is 1. The monoisotopic (exact) mass is 212 g/mol. The minimum atomic E-state index is 0.120. The van der Waals surface area contributed by atoms with Gasteiger partial charge in [0.2, 0.25) is 5.88 Å². The van der Waals surface area contributed by atoms with Crippen molar-refractivity contribution in [2.75, 3.05) is 31.3 Å². The lowest BCUT2D eigenvalue weighted by atomic mass is 10.2. The fraction of sp³-hybridized carbons (Fsp3) is 0.556. The fourth-order valence-electron chi connectivity index (χ4n) is 1.02. The molecule has 0 amide bonds. The summed E-state index contributed by atoms with van der Waals surface area (Å²) >= 11 is 0. The Labute approximate surface area is 88.5 Å². The lowest BCUT2D eigenvalue weighted by Gasteiger charge is -2.12. The SMILES string of the molecule is COc1ncnc(NCC(C)CO)c1N. The summed E-state index contributed by atoms with van der Waals surface area (Å²) in [5.41, 5.74) is 6.13. The first-order chi connectivity index (χ1) is 7.19. The maximum absolute atomic E-state index is 8.85. The molecule has 0 spiro atoms. The molecule has 4 N–H and O–H groups in total. The number of hydrogen-bond acceptors (Lipinski definition) is 6. The van der Waals surface area contributed by atoms with E-state index in [1.165, 1.54) is 13.4 Å². The van der Waals surface area contributed by atoms with Crippen molar-refractivity contribution < 1.29 is 9.84 Å². The molecule has 0 aliphatic heterocycles. The molecule has 0 aliphatic carbocycles. The van der Waals surface area contributed by atoms with Crippen LogP contribution >= 0.6 is 0 Å². The van der Waals surface area contributed by atoms with Gasteiger partial charge in [0.05, 0.1) is 7.11 Å². The second-order valence-corrected chi connectivity index (χ2v) is 3.31. The van der Waals surface area contributed by atoms with Gasteiger partial charge in [-0.25, -0.2) is 4.98 Å². The van der Waals surface area contributed by atoms with Crippen LogP contribution in [0, 0.1) is 5.92 Å². The number of aromatic nitrogens is 2. The highest BCUT2D eigenvalue weighted by molar-refractivity contribution is 5.66.